The highest BCUT2D eigenvalue weighted by molar-refractivity contribution is 7.99. The van der Waals surface area contributed by atoms with Crippen LogP contribution in [-0.4, -0.2) is 12.0 Å². The molecule has 0 aliphatic heterocycles. The molecule has 0 bridgehead atoms. The van der Waals surface area contributed by atoms with Crippen molar-refractivity contribution in [3.05, 3.63) is 41.8 Å². The summed E-state index contributed by atoms with van der Waals surface area (Å²) in [4.78, 5) is 5.28. The zero-order chi connectivity index (χ0) is 11.4. The first-order valence-corrected chi connectivity index (χ1v) is 5.92. The Labute approximate surface area is 99.3 Å². The van der Waals surface area contributed by atoms with Crippen molar-refractivity contribution in [3.8, 4) is 0 Å². The number of nitrogens with one attached hydrogen (secondary N) is 1. The van der Waals surface area contributed by atoms with E-state index < -0.39 is 0 Å². The van der Waals surface area contributed by atoms with E-state index in [1.54, 1.807) is 24.2 Å². The van der Waals surface area contributed by atoms with Crippen LogP contribution in [0.4, 0.5) is 0 Å². The molecule has 0 spiro atoms. The molecular formula is C12H14N2OS. The van der Waals surface area contributed by atoms with Crippen LogP contribution in [0.3, 0.4) is 0 Å². The van der Waals surface area contributed by atoms with Gasteiger partial charge in [0.2, 0.25) is 0 Å². The standard InChI is InChI=1S/C12H14N2OS/c1-9-7-10(8-13-2)3-4-11(9)16-12-14-5-6-15-12/h3-7,13H,8H2,1-2H3. The quantitative estimate of drug-likeness (QED) is 0.882. The number of oxazole rings is 1. The summed E-state index contributed by atoms with van der Waals surface area (Å²) in [5.41, 5.74) is 2.53. The lowest BCUT2D eigenvalue weighted by atomic mass is 10.1. The van der Waals surface area contributed by atoms with Crippen LogP contribution in [-0.2, 0) is 6.54 Å². The Balaban J connectivity index is 2.16. The zero-order valence-corrected chi connectivity index (χ0v) is 10.2. The lowest BCUT2D eigenvalue weighted by molar-refractivity contribution is 0.454. The molecule has 0 atom stereocenters. The van der Waals surface area contributed by atoms with Gasteiger partial charge in [-0.15, -0.1) is 0 Å². The molecular weight excluding hydrogens is 220 g/mol. The Hall–Kier alpha value is -1.26. The molecule has 1 heterocycles. The number of hydrogen-bond acceptors (Lipinski definition) is 4. The SMILES string of the molecule is CNCc1ccc(Sc2ncco2)c(C)c1. The van der Waals surface area contributed by atoms with E-state index in [1.807, 2.05) is 7.05 Å². The Kier molecular flexibility index (Phi) is 3.64. The van der Waals surface area contributed by atoms with Crippen LogP contribution in [0.1, 0.15) is 11.1 Å². The molecule has 0 radical (unpaired) electrons. The summed E-state index contributed by atoms with van der Waals surface area (Å²) >= 11 is 1.55. The van der Waals surface area contributed by atoms with Gasteiger partial charge < -0.3 is 9.73 Å². The zero-order valence-electron chi connectivity index (χ0n) is 9.36. The van der Waals surface area contributed by atoms with E-state index in [0.717, 1.165) is 6.54 Å². The van der Waals surface area contributed by atoms with Gasteiger partial charge in [0.05, 0.1) is 6.20 Å². The van der Waals surface area contributed by atoms with E-state index in [0.29, 0.717) is 5.22 Å². The average Bonchev–Trinajstić information content (AvgIpc) is 2.75. The van der Waals surface area contributed by atoms with Crippen LogP contribution in [0.2, 0.25) is 0 Å². The van der Waals surface area contributed by atoms with Crippen molar-refractivity contribution in [3.63, 3.8) is 0 Å². The van der Waals surface area contributed by atoms with Crippen molar-refractivity contribution < 1.29 is 4.42 Å². The maximum atomic E-state index is 5.21. The first kappa shape index (κ1) is 11.2. The summed E-state index contributed by atoms with van der Waals surface area (Å²) in [5.74, 6) is 0. The third-order valence-electron chi connectivity index (χ3n) is 2.23. The molecule has 1 N–H and O–H groups in total. The van der Waals surface area contributed by atoms with Crippen LogP contribution >= 0.6 is 11.8 Å². The van der Waals surface area contributed by atoms with Crippen LogP contribution in [0, 0.1) is 6.92 Å². The molecule has 3 nitrogen and oxygen atoms in total. The Morgan fingerprint density at radius 2 is 2.31 bits per heavy atom. The van der Waals surface area contributed by atoms with E-state index >= 15 is 0 Å². The summed E-state index contributed by atoms with van der Waals surface area (Å²) < 4.78 is 5.21. The van der Waals surface area contributed by atoms with Gasteiger partial charge in [0.25, 0.3) is 5.22 Å². The van der Waals surface area contributed by atoms with Crippen molar-refractivity contribution in [1.29, 1.82) is 0 Å². The first-order chi connectivity index (χ1) is 7.79. The average molecular weight is 234 g/mol. The molecule has 0 saturated heterocycles. The van der Waals surface area contributed by atoms with Crippen LogP contribution < -0.4 is 5.32 Å². The highest BCUT2D eigenvalue weighted by Gasteiger charge is 2.05. The minimum Gasteiger partial charge on any atom is -0.440 e. The number of rotatable bonds is 4. The minimum absolute atomic E-state index is 0.685. The summed E-state index contributed by atoms with van der Waals surface area (Å²) in [6.45, 7) is 3.00. The summed E-state index contributed by atoms with van der Waals surface area (Å²) in [6.07, 6.45) is 3.25. The van der Waals surface area contributed by atoms with Gasteiger partial charge in [-0.25, -0.2) is 4.98 Å². The highest BCUT2D eigenvalue weighted by atomic mass is 32.2. The van der Waals surface area contributed by atoms with Crippen LogP contribution in [0.5, 0.6) is 0 Å². The van der Waals surface area contributed by atoms with Gasteiger partial charge in [0.1, 0.15) is 6.26 Å². The van der Waals surface area contributed by atoms with Gasteiger partial charge in [-0.3, -0.25) is 0 Å². The molecule has 2 rings (SSSR count). The van der Waals surface area contributed by atoms with E-state index in [4.69, 9.17) is 4.42 Å². The largest absolute Gasteiger partial charge is 0.440 e. The third-order valence-corrected chi connectivity index (χ3v) is 3.28. The fraction of sp³-hybridized carbons (Fsp3) is 0.250. The van der Waals surface area contributed by atoms with Gasteiger partial charge in [-0.05, 0) is 42.9 Å². The van der Waals surface area contributed by atoms with E-state index in [9.17, 15) is 0 Å². The summed E-state index contributed by atoms with van der Waals surface area (Å²) in [7, 11) is 1.95. The second-order valence-electron chi connectivity index (χ2n) is 3.53. The molecule has 1 aromatic carbocycles. The molecule has 84 valence electrons. The normalized spacial score (nSPS) is 10.6. The molecule has 1 aromatic heterocycles. The lowest BCUT2D eigenvalue weighted by Crippen LogP contribution is -2.05. The van der Waals surface area contributed by atoms with Gasteiger partial charge in [0.15, 0.2) is 0 Å². The monoisotopic (exact) mass is 234 g/mol. The van der Waals surface area contributed by atoms with Crippen molar-refractivity contribution in [1.82, 2.24) is 10.3 Å². The van der Waals surface area contributed by atoms with Crippen molar-refractivity contribution in [2.24, 2.45) is 0 Å². The van der Waals surface area contributed by atoms with E-state index in [2.05, 4.69) is 35.4 Å². The Morgan fingerprint density at radius 3 is 2.94 bits per heavy atom. The number of nitrogens with zero attached hydrogens (tertiary/aromatic N) is 1. The van der Waals surface area contributed by atoms with Crippen molar-refractivity contribution >= 4 is 11.8 Å². The second kappa shape index (κ2) is 5.18. The smallest absolute Gasteiger partial charge is 0.260 e. The number of hydrogen-bond donors (Lipinski definition) is 1. The molecule has 0 unspecified atom stereocenters. The van der Waals surface area contributed by atoms with E-state index in [-0.39, 0.29) is 0 Å². The van der Waals surface area contributed by atoms with Crippen molar-refractivity contribution in [2.45, 2.75) is 23.6 Å². The Morgan fingerprint density at radius 1 is 1.44 bits per heavy atom. The summed E-state index contributed by atoms with van der Waals surface area (Å²) in [5, 5.41) is 3.82. The lowest BCUT2D eigenvalue weighted by Gasteiger charge is -2.06. The topological polar surface area (TPSA) is 38.1 Å². The maximum absolute atomic E-state index is 5.21. The van der Waals surface area contributed by atoms with Crippen molar-refractivity contribution in [2.75, 3.05) is 7.05 Å². The molecule has 16 heavy (non-hydrogen) atoms. The third kappa shape index (κ3) is 2.65. The van der Waals surface area contributed by atoms with Gasteiger partial charge >= 0.3 is 0 Å². The molecule has 0 saturated carbocycles. The number of benzene rings is 1. The molecule has 0 aliphatic carbocycles. The minimum atomic E-state index is 0.685. The predicted molar refractivity (Wildman–Crippen MR) is 64.6 cm³/mol. The summed E-state index contributed by atoms with van der Waals surface area (Å²) in [6, 6.07) is 6.41. The fourth-order valence-electron chi connectivity index (χ4n) is 1.49. The molecule has 0 aliphatic rings. The Bertz CT molecular complexity index is 454. The van der Waals surface area contributed by atoms with Gasteiger partial charge in [0, 0.05) is 11.4 Å². The second-order valence-corrected chi connectivity index (χ2v) is 4.52. The predicted octanol–water partition coefficient (Wildman–Crippen LogP) is 2.85. The first-order valence-electron chi connectivity index (χ1n) is 5.11. The molecule has 0 fully saturated rings. The highest BCUT2D eigenvalue weighted by Crippen LogP contribution is 2.29. The fourth-order valence-corrected chi connectivity index (χ4v) is 2.26. The van der Waals surface area contributed by atoms with Gasteiger partial charge in [-0.1, -0.05) is 12.1 Å². The maximum Gasteiger partial charge on any atom is 0.260 e. The van der Waals surface area contributed by atoms with Gasteiger partial charge in [-0.2, -0.15) is 0 Å². The van der Waals surface area contributed by atoms with Crippen LogP contribution in [0.15, 0.2) is 45.2 Å². The van der Waals surface area contributed by atoms with E-state index in [1.165, 1.54) is 16.0 Å². The number of aryl methyl sites for hydroxylation is 1. The number of aromatic nitrogens is 1. The molecule has 4 heteroatoms. The molecule has 2 aromatic rings. The molecule has 0 amide bonds. The van der Waals surface area contributed by atoms with Crippen LogP contribution in [0.25, 0.3) is 0 Å².